The summed E-state index contributed by atoms with van der Waals surface area (Å²) in [6.07, 6.45) is 0. The van der Waals surface area contributed by atoms with E-state index < -0.39 is 10.7 Å². The number of Topliss-reactive ketones (excluding diaryl/α,β-unsaturated/α-hetero) is 1. The lowest BCUT2D eigenvalue weighted by Gasteiger charge is -2.31. The van der Waals surface area contributed by atoms with Gasteiger partial charge in [0.25, 0.3) is 0 Å². The van der Waals surface area contributed by atoms with Crippen LogP contribution in [0.1, 0.15) is 18.4 Å². The van der Waals surface area contributed by atoms with Gasteiger partial charge in [0.15, 0.2) is 17.2 Å². The van der Waals surface area contributed by atoms with Crippen LogP contribution in [0.25, 0.3) is 0 Å². The molecule has 8 heteroatoms. The number of nitrogens with zero attached hydrogens (tertiary/aromatic N) is 1. The number of para-hydroxylation sites is 1. The highest BCUT2D eigenvalue weighted by Gasteiger charge is 2.50. The number of hydrogen-bond donors (Lipinski definition) is 1. The predicted molar refractivity (Wildman–Crippen MR) is 111 cm³/mol. The van der Waals surface area contributed by atoms with Crippen LogP contribution in [0.5, 0.6) is 0 Å². The molecular weight excluding hydrogens is 394 g/mol. The van der Waals surface area contributed by atoms with Gasteiger partial charge >= 0.3 is 0 Å². The fourth-order valence-corrected chi connectivity index (χ4v) is 8.74. The zero-order valence-electron chi connectivity index (χ0n) is 13.6. The normalized spacial score (nSPS) is 28.6. The quantitative estimate of drug-likeness (QED) is 0.421. The van der Waals surface area contributed by atoms with Crippen molar-refractivity contribution in [2.24, 2.45) is 0 Å². The van der Waals surface area contributed by atoms with Crippen LogP contribution in [-0.2, 0) is 4.79 Å². The zero-order chi connectivity index (χ0) is 17.6. The van der Waals surface area contributed by atoms with Crippen molar-refractivity contribution in [3.8, 4) is 0 Å². The molecule has 132 valence electrons. The van der Waals surface area contributed by atoms with Crippen molar-refractivity contribution >= 4 is 58.5 Å². The Balaban J connectivity index is 1.99. The predicted octanol–water partition coefficient (Wildman–Crippen LogP) is 4.91. The minimum absolute atomic E-state index is 0.0234. The number of carbonyl (C=O) groups excluding carboxylic acids is 1. The largest absolute Gasteiger partial charge is 0.588 e. The van der Waals surface area contributed by atoms with E-state index in [-0.39, 0.29) is 5.78 Å². The van der Waals surface area contributed by atoms with Crippen molar-refractivity contribution in [3.63, 3.8) is 0 Å². The molecule has 25 heavy (non-hydrogen) atoms. The van der Waals surface area contributed by atoms with Gasteiger partial charge < -0.3 is 5.21 Å². The second-order valence-electron chi connectivity index (χ2n) is 5.89. The van der Waals surface area contributed by atoms with E-state index in [2.05, 4.69) is 0 Å². The van der Waals surface area contributed by atoms with Crippen LogP contribution in [0, 0.1) is 5.21 Å². The molecule has 2 fully saturated rings. The molecule has 1 aromatic rings. The van der Waals surface area contributed by atoms with Crippen LogP contribution in [0.2, 0.25) is 0 Å². The molecule has 4 nitrogen and oxygen atoms in total. The number of carbonyl (C=O) groups is 1. The van der Waals surface area contributed by atoms with Gasteiger partial charge in [0.05, 0.1) is 0 Å². The lowest BCUT2D eigenvalue weighted by atomic mass is 9.90. The highest BCUT2D eigenvalue weighted by Crippen LogP contribution is 2.58. The highest BCUT2D eigenvalue weighted by atomic mass is 32.2. The topological polar surface area (TPSA) is 60.4 Å². The third-order valence-electron chi connectivity index (χ3n) is 4.37. The van der Waals surface area contributed by atoms with E-state index in [4.69, 9.17) is 0 Å². The fourth-order valence-electron chi connectivity index (χ4n) is 3.38. The summed E-state index contributed by atoms with van der Waals surface area (Å²) < 4.78 is 1.87. The molecule has 4 rings (SSSR count). The van der Waals surface area contributed by atoms with Crippen molar-refractivity contribution in [2.45, 2.75) is 12.8 Å². The fraction of sp³-hybridized carbons (Fsp3) is 0.353. The molecule has 2 unspecified atom stereocenters. The summed E-state index contributed by atoms with van der Waals surface area (Å²) >= 11 is 6.57. The smallest absolute Gasteiger partial charge is 0.179 e. The molecule has 0 radical (unpaired) electrons. The average molecular weight is 412 g/mol. The van der Waals surface area contributed by atoms with E-state index in [1.807, 2.05) is 12.1 Å². The number of rotatable bonds is 2. The van der Waals surface area contributed by atoms with E-state index in [0.29, 0.717) is 17.0 Å². The minimum atomic E-state index is -1.49. The third-order valence-corrected chi connectivity index (χ3v) is 9.84. The van der Waals surface area contributed by atoms with E-state index >= 15 is 0 Å². The Kier molecular flexibility index (Phi) is 5.05. The standard InChI is InChI=1S/C17H17NO3S4/c1-10(19)13(16-22-6-7-23-16)14-11-4-2-3-5-12(11)18(20,21)15(14)17-24-8-9-25-17/h2-5,14,20H,6-9H2,1H3. The van der Waals surface area contributed by atoms with Gasteiger partial charge in [-0.15, -0.1) is 47.0 Å². The van der Waals surface area contributed by atoms with Gasteiger partial charge in [0.1, 0.15) is 10.2 Å². The summed E-state index contributed by atoms with van der Waals surface area (Å²) in [5.74, 6) is 3.29. The molecule has 0 aliphatic carbocycles. The number of fused-ring (bicyclic) bond motifs is 1. The summed E-state index contributed by atoms with van der Waals surface area (Å²) in [5.41, 5.74) is 2.15. The van der Waals surface area contributed by atoms with E-state index in [9.17, 15) is 15.2 Å². The second-order valence-corrected chi connectivity index (χ2v) is 10.8. The first-order chi connectivity index (χ1) is 12.0. The molecule has 1 aromatic carbocycles. The maximum atomic E-state index is 13.3. The van der Waals surface area contributed by atoms with Crippen molar-refractivity contribution in [1.29, 1.82) is 0 Å². The molecule has 0 aromatic heterocycles. The first-order valence-electron chi connectivity index (χ1n) is 7.95. The minimum Gasteiger partial charge on any atom is -0.588 e. The Morgan fingerprint density at radius 2 is 1.72 bits per heavy atom. The van der Waals surface area contributed by atoms with Gasteiger partial charge in [-0.3, -0.25) is 4.79 Å². The third kappa shape index (κ3) is 3.01. The number of allylic oxidation sites excluding steroid dienone is 1. The van der Waals surface area contributed by atoms with Gasteiger partial charge in [0, 0.05) is 44.5 Å². The summed E-state index contributed by atoms with van der Waals surface area (Å²) in [5, 5.41) is 24.1. The molecule has 1 N–H and O–H groups in total. The monoisotopic (exact) mass is 411 g/mol. The van der Waals surface area contributed by atoms with Crippen LogP contribution >= 0.6 is 47.0 Å². The molecule has 3 aliphatic heterocycles. The number of hydrogen-bond acceptors (Lipinski definition) is 7. The first-order valence-corrected chi connectivity index (χ1v) is 11.9. The molecule has 0 spiro atoms. The molecule has 3 aliphatic rings. The Morgan fingerprint density at radius 1 is 1.12 bits per heavy atom. The molecular formula is C17H17NO3S4. The molecule has 0 bridgehead atoms. The Morgan fingerprint density at radius 3 is 2.36 bits per heavy atom. The molecule has 2 saturated heterocycles. The van der Waals surface area contributed by atoms with E-state index in [1.165, 1.54) is 0 Å². The number of thioether (sulfide) groups is 4. The van der Waals surface area contributed by atoms with Crippen molar-refractivity contribution in [2.75, 3.05) is 23.0 Å². The van der Waals surface area contributed by atoms with Gasteiger partial charge in [-0.1, -0.05) is 18.2 Å². The summed E-state index contributed by atoms with van der Waals surface area (Å²) in [6.45, 7) is 1.57. The van der Waals surface area contributed by atoms with Crippen LogP contribution in [0.15, 0.2) is 44.0 Å². The van der Waals surface area contributed by atoms with Crippen LogP contribution in [0.3, 0.4) is 0 Å². The van der Waals surface area contributed by atoms with Gasteiger partial charge in [0.2, 0.25) is 0 Å². The van der Waals surface area contributed by atoms with Crippen LogP contribution in [-0.4, -0.2) is 34.0 Å². The van der Waals surface area contributed by atoms with Crippen molar-refractivity contribution < 1.29 is 10.0 Å². The SMILES string of the molecule is CC(=O)C(=C1SCCS1)C1C(=C2SCCS2)[N+]([O-])(O)c2ccccc21. The highest BCUT2D eigenvalue weighted by molar-refractivity contribution is 8.25. The summed E-state index contributed by atoms with van der Waals surface area (Å²) in [6, 6.07) is 7.17. The Labute approximate surface area is 163 Å². The number of hydroxylamine groups is 2. The number of benzene rings is 1. The molecule has 0 amide bonds. The molecule has 2 atom stereocenters. The summed E-state index contributed by atoms with van der Waals surface area (Å²) in [7, 11) is 0. The van der Waals surface area contributed by atoms with E-state index in [1.54, 1.807) is 66.1 Å². The van der Waals surface area contributed by atoms with Crippen molar-refractivity contribution in [1.82, 2.24) is 4.81 Å². The van der Waals surface area contributed by atoms with Gasteiger partial charge in [-0.05, 0) is 6.92 Å². The Hall–Kier alpha value is -0.350. The average Bonchev–Trinajstić information content (AvgIpc) is 3.30. The Bertz CT molecular complexity index is 787. The maximum absolute atomic E-state index is 13.3. The second kappa shape index (κ2) is 6.99. The van der Waals surface area contributed by atoms with Crippen molar-refractivity contribution in [3.05, 3.63) is 54.8 Å². The number of ketones is 1. The van der Waals surface area contributed by atoms with Gasteiger partial charge in [-0.25, -0.2) is 5.21 Å². The lowest BCUT2D eigenvalue weighted by Crippen LogP contribution is -2.36. The van der Waals surface area contributed by atoms with Crippen LogP contribution in [0.4, 0.5) is 5.69 Å². The van der Waals surface area contributed by atoms with Gasteiger partial charge in [-0.2, -0.15) is 4.81 Å². The first kappa shape index (κ1) is 18.0. The van der Waals surface area contributed by atoms with E-state index in [0.717, 1.165) is 37.0 Å². The lowest BCUT2D eigenvalue weighted by molar-refractivity contribution is -0.113. The van der Waals surface area contributed by atoms with Crippen LogP contribution < -0.4 is 4.81 Å². The summed E-state index contributed by atoms with van der Waals surface area (Å²) in [4.78, 5) is 11.1. The molecule has 0 saturated carbocycles. The molecule has 3 heterocycles. The zero-order valence-corrected chi connectivity index (χ0v) is 16.8. The number of quaternary nitrogens is 1. The maximum Gasteiger partial charge on any atom is 0.179 e.